The maximum absolute atomic E-state index is 13.3. The Morgan fingerprint density at radius 3 is 2.61 bits per heavy atom. The first-order valence-corrected chi connectivity index (χ1v) is 11.4. The molecular formula is C25H31N5O. The lowest BCUT2D eigenvalue weighted by Crippen LogP contribution is -2.52. The highest BCUT2D eigenvalue weighted by Crippen LogP contribution is 2.27. The number of anilines is 2. The predicted octanol–water partition coefficient (Wildman–Crippen LogP) is 3.74. The summed E-state index contributed by atoms with van der Waals surface area (Å²) in [6, 6.07) is 14.7. The van der Waals surface area contributed by atoms with Gasteiger partial charge in [-0.05, 0) is 56.0 Å². The van der Waals surface area contributed by atoms with Crippen LogP contribution in [0.25, 0.3) is 11.0 Å². The van der Waals surface area contributed by atoms with E-state index in [0.29, 0.717) is 5.91 Å². The van der Waals surface area contributed by atoms with E-state index in [1.807, 2.05) is 24.3 Å². The van der Waals surface area contributed by atoms with Crippen molar-refractivity contribution in [2.24, 2.45) is 5.92 Å². The van der Waals surface area contributed by atoms with Gasteiger partial charge in [-0.15, -0.1) is 0 Å². The number of imidazole rings is 1. The summed E-state index contributed by atoms with van der Waals surface area (Å²) in [5.74, 6) is 1.24. The smallest absolute Gasteiger partial charge is 0.227 e. The van der Waals surface area contributed by atoms with Crippen molar-refractivity contribution in [2.45, 2.75) is 26.7 Å². The van der Waals surface area contributed by atoms with Crippen LogP contribution in [0.4, 0.5) is 11.6 Å². The van der Waals surface area contributed by atoms with Crippen molar-refractivity contribution in [3.63, 3.8) is 0 Å². The Kier molecular flexibility index (Phi) is 5.30. The van der Waals surface area contributed by atoms with Gasteiger partial charge in [-0.25, -0.2) is 4.98 Å². The van der Waals surface area contributed by atoms with E-state index in [0.717, 1.165) is 69.1 Å². The molecule has 31 heavy (non-hydrogen) atoms. The first kappa shape index (κ1) is 19.9. The van der Waals surface area contributed by atoms with Gasteiger partial charge in [-0.2, -0.15) is 0 Å². The largest absolute Gasteiger partial charge is 0.368 e. The number of hydrogen-bond donors (Lipinski definition) is 1. The van der Waals surface area contributed by atoms with Crippen molar-refractivity contribution in [3.05, 3.63) is 53.6 Å². The second-order valence-corrected chi connectivity index (χ2v) is 8.97. The fraction of sp³-hybridized carbons (Fsp3) is 0.440. The summed E-state index contributed by atoms with van der Waals surface area (Å²) in [6.45, 7) is 9.40. The molecule has 0 aliphatic carbocycles. The third-order valence-corrected chi connectivity index (χ3v) is 6.74. The maximum Gasteiger partial charge on any atom is 0.227 e. The number of hydrogen-bond acceptors (Lipinski definition) is 4. The first-order chi connectivity index (χ1) is 15.1. The van der Waals surface area contributed by atoms with Crippen molar-refractivity contribution in [1.82, 2.24) is 14.9 Å². The summed E-state index contributed by atoms with van der Waals surface area (Å²) < 4.78 is 0. The van der Waals surface area contributed by atoms with Crippen LogP contribution in [0.5, 0.6) is 0 Å². The van der Waals surface area contributed by atoms with Crippen LogP contribution in [0.2, 0.25) is 0 Å². The Morgan fingerprint density at radius 1 is 1.00 bits per heavy atom. The van der Waals surface area contributed by atoms with Gasteiger partial charge in [0.25, 0.3) is 0 Å². The molecule has 5 rings (SSSR count). The molecule has 3 heterocycles. The number of benzene rings is 2. The molecule has 1 unspecified atom stereocenters. The van der Waals surface area contributed by atoms with Crippen LogP contribution in [0.1, 0.15) is 24.0 Å². The lowest BCUT2D eigenvalue weighted by molar-refractivity contribution is -0.136. The van der Waals surface area contributed by atoms with Gasteiger partial charge >= 0.3 is 0 Å². The van der Waals surface area contributed by atoms with E-state index in [1.54, 1.807) is 0 Å². The average molecular weight is 418 g/mol. The van der Waals surface area contributed by atoms with E-state index in [2.05, 4.69) is 51.7 Å². The molecule has 2 saturated heterocycles. The molecule has 0 bridgehead atoms. The van der Waals surface area contributed by atoms with Crippen LogP contribution < -0.4 is 9.80 Å². The van der Waals surface area contributed by atoms with E-state index in [1.165, 1.54) is 16.8 Å². The fourth-order valence-corrected chi connectivity index (χ4v) is 4.95. The molecule has 1 atom stereocenters. The molecule has 2 fully saturated rings. The highest BCUT2D eigenvalue weighted by Gasteiger charge is 2.32. The van der Waals surface area contributed by atoms with Gasteiger partial charge in [0.05, 0.1) is 17.0 Å². The number of para-hydroxylation sites is 2. The van der Waals surface area contributed by atoms with E-state index < -0.39 is 0 Å². The number of carbonyl (C=O) groups excluding carboxylic acids is 1. The Morgan fingerprint density at radius 2 is 1.81 bits per heavy atom. The zero-order valence-corrected chi connectivity index (χ0v) is 18.5. The minimum Gasteiger partial charge on any atom is -0.368 e. The zero-order chi connectivity index (χ0) is 21.4. The molecule has 1 aromatic heterocycles. The summed E-state index contributed by atoms with van der Waals surface area (Å²) in [7, 11) is 0. The number of amides is 1. The molecule has 1 amide bonds. The van der Waals surface area contributed by atoms with Crippen LogP contribution in [-0.2, 0) is 4.79 Å². The van der Waals surface area contributed by atoms with E-state index in [9.17, 15) is 4.79 Å². The molecule has 6 heteroatoms. The van der Waals surface area contributed by atoms with E-state index >= 15 is 0 Å². The molecule has 3 aromatic rings. The molecule has 2 aliphatic heterocycles. The summed E-state index contributed by atoms with van der Waals surface area (Å²) in [5.41, 5.74) is 5.92. The summed E-state index contributed by atoms with van der Waals surface area (Å²) in [6.07, 6.45) is 1.99. The van der Waals surface area contributed by atoms with Crippen LogP contribution in [0.15, 0.2) is 42.5 Å². The van der Waals surface area contributed by atoms with Gasteiger partial charge in [0.1, 0.15) is 0 Å². The quantitative estimate of drug-likeness (QED) is 0.705. The van der Waals surface area contributed by atoms with Crippen molar-refractivity contribution in [2.75, 3.05) is 49.1 Å². The van der Waals surface area contributed by atoms with Crippen molar-refractivity contribution in [1.29, 1.82) is 0 Å². The molecule has 0 saturated carbocycles. The minimum atomic E-state index is 0.0502. The third-order valence-electron chi connectivity index (χ3n) is 6.74. The standard InChI is InChI=1S/C25H31N5O/c1-18-9-10-19(2)23(16-18)28-12-14-29(15-13-28)24(31)20-6-5-11-30(17-20)25-26-21-7-3-4-8-22(21)27-25/h3-4,7-10,16,20H,5-6,11-15,17H2,1-2H3,(H,26,27). The number of aromatic amines is 1. The molecule has 6 nitrogen and oxygen atoms in total. The highest BCUT2D eigenvalue weighted by molar-refractivity contribution is 5.81. The number of H-pyrrole nitrogens is 1. The maximum atomic E-state index is 13.3. The number of piperazine rings is 1. The first-order valence-electron chi connectivity index (χ1n) is 11.4. The van der Waals surface area contributed by atoms with Crippen molar-refractivity contribution >= 4 is 28.6 Å². The number of nitrogens with one attached hydrogen (secondary N) is 1. The van der Waals surface area contributed by atoms with Crippen molar-refractivity contribution in [3.8, 4) is 0 Å². The Labute approximate surface area is 183 Å². The molecule has 0 radical (unpaired) electrons. The zero-order valence-electron chi connectivity index (χ0n) is 18.5. The second-order valence-electron chi connectivity index (χ2n) is 8.97. The monoisotopic (exact) mass is 417 g/mol. The lowest BCUT2D eigenvalue weighted by Gasteiger charge is -2.40. The number of carbonyl (C=O) groups is 1. The molecule has 2 aliphatic rings. The van der Waals surface area contributed by atoms with Crippen LogP contribution in [0, 0.1) is 19.8 Å². The minimum absolute atomic E-state index is 0.0502. The van der Waals surface area contributed by atoms with Crippen LogP contribution in [0.3, 0.4) is 0 Å². The van der Waals surface area contributed by atoms with Gasteiger partial charge in [-0.1, -0.05) is 24.3 Å². The Hall–Kier alpha value is -3.02. The van der Waals surface area contributed by atoms with Crippen LogP contribution in [-0.4, -0.2) is 60.0 Å². The number of fused-ring (bicyclic) bond motifs is 1. The summed E-state index contributed by atoms with van der Waals surface area (Å²) in [4.78, 5) is 28.2. The number of piperidine rings is 1. The summed E-state index contributed by atoms with van der Waals surface area (Å²) >= 11 is 0. The second kappa shape index (κ2) is 8.25. The lowest BCUT2D eigenvalue weighted by atomic mass is 9.96. The molecule has 0 spiro atoms. The Bertz CT molecular complexity index is 1050. The molecule has 2 aromatic carbocycles. The fourth-order valence-electron chi connectivity index (χ4n) is 4.95. The van der Waals surface area contributed by atoms with Gasteiger partial charge in [-0.3, -0.25) is 4.79 Å². The molecular weight excluding hydrogens is 386 g/mol. The normalized spacial score (nSPS) is 19.8. The topological polar surface area (TPSA) is 55.5 Å². The van der Waals surface area contributed by atoms with E-state index in [4.69, 9.17) is 4.98 Å². The number of rotatable bonds is 3. The van der Waals surface area contributed by atoms with Gasteiger partial charge in [0.15, 0.2) is 0 Å². The number of aromatic nitrogens is 2. The van der Waals surface area contributed by atoms with Gasteiger partial charge in [0, 0.05) is 45.0 Å². The van der Waals surface area contributed by atoms with E-state index in [-0.39, 0.29) is 5.92 Å². The van der Waals surface area contributed by atoms with Crippen molar-refractivity contribution < 1.29 is 4.79 Å². The molecule has 1 N–H and O–H groups in total. The average Bonchev–Trinajstić information content (AvgIpc) is 3.25. The third kappa shape index (κ3) is 3.99. The SMILES string of the molecule is Cc1ccc(C)c(N2CCN(C(=O)C3CCCN(c4nc5ccccc5[nH]4)C3)CC2)c1. The number of aryl methyl sites for hydroxylation is 2. The van der Waals surface area contributed by atoms with Crippen LogP contribution >= 0.6 is 0 Å². The number of nitrogens with zero attached hydrogens (tertiary/aromatic N) is 4. The Balaban J connectivity index is 1.23. The summed E-state index contributed by atoms with van der Waals surface area (Å²) in [5, 5.41) is 0. The van der Waals surface area contributed by atoms with Gasteiger partial charge < -0.3 is 19.7 Å². The van der Waals surface area contributed by atoms with Gasteiger partial charge in [0.2, 0.25) is 11.9 Å². The predicted molar refractivity (Wildman–Crippen MR) is 126 cm³/mol. The highest BCUT2D eigenvalue weighted by atomic mass is 16.2. The molecule has 162 valence electrons.